The molecule has 0 saturated heterocycles. The average Bonchev–Trinajstić information content (AvgIpc) is 2.54. The maximum Gasteiger partial charge on any atom is 0.264 e. The Balaban J connectivity index is 1.87. The number of hydrogen-bond donors (Lipinski definition) is 2. The molecule has 2 N–H and O–H groups in total. The standard InChI is InChI=1S/C16H12ClN3O2S/c17-12-6-2-4-8-14(12)22-10-15(21)20-16(23)19-13-7-3-1-5-11(13)9-18/h1-8H,10H2,(H2,19,20,21,23). The zero-order valence-corrected chi connectivity index (χ0v) is 13.4. The molecular formula is C16H12ClN3O2S. The van der Waals surface area contributed by atoms with Gasteiger partial charge in [0.2, 0.25) is 0 Å². The molecule has 1 amide bonds. The maximum atomic E-state index is 11.8. The molecule has 0 radical (unpaired) electrons. The summed E-state index contributed by atoms with van der Waals surface area (Å²) in [6.07, 6.45) is 0. The first-order valence-corrected chi connectivity index (χ1v) is 7.36. The van der Waals surface area contributed by atoms with Crippen LogP contribution in [-0.4, -0.2) is 17.6 Å². The summed E-state index contributed by atoms with van der Waals surface area (Å²) in [4.78, 5) is 11.8. The summed E-state index contributed by atoms with van der Waals surface area (Å²) < 4.78 is 5.31. The van der Waals surface area contributed by atoms with Crippen LogP contribution in [0.5, 0.6) is 5.75 Å². The zero-order chi connectivity index (χ0) is 16.7. The van der Waals surface area contributed by atoms with E-state index in [4.69, 9.17) is 33.8 Å². The second-order valence-corrected chi connectivity index (χ2v) is 5.19. The third-order valence-electron chi connectivity index (χ3n) is 2.74. The largest absolute Gasteiger partial charge is 0.482 e. The van der Waals surface area contributed by atoms with E-state index in [-0.39, 0.29) is 11.7 Å². The van der Waals surface area contributed by atoms with Crippen LogP contribution in [0.4, 0.5) is 5.69 Å². The number of nitrogens with one attached hydrogen (secondary N) is 2. The van der Waals surface area contributed by atoms with Crippen molar-refractivity contribution in [2.45, 2.75) is 0 Å². The highest BCUT2D eigenvalue weighted by atomic mass is 35.5. The molecule has 0 aliphatic rings. The van der Waals surface area contributed by atoms with Gasteiger partial charge in [-0.3, -0.25) is 10.1 Å². The lowest BCUT2D eigenvalue weighted by molar-refractivity contribution is -0.121. The molecule has 2 rings (SSSR count). The quantitative estimate of drug-likeness (QED) is 0.833. The van der Waals surface area contributed by atoms with Crippen LogP contribution in [0.1, 0.15) is 5.56 Å². The topological polar surface area (TPSA) is 74.2 Å². The molecule has 0 saturated carbocycles. The van der Waals surface area contributed by atoms with Crippen LogP contribution >= 0.6 is 23.8 Å². The molecule has 0 aliphatic carbocycles. The Hall–Kier alpha value is -2.62. The van der Waals surface area contributed by atoms with Gasteiger partial charge in [0.15, 0.2) is 11.7 Å². The van der Waals surface area contributed by atoms with Gasteiger partial charge in [-0.2, -0.15) is 5.26 Å². The summed E-state index contributed by atoms with van der Waals surface area (Å²) in [5.74, 6) is -0.0186. The Morgan fingerprint density at radius 3 is 2.65 bits per heavy atom. The van der Waals surface area contributed by atoms with E-state index < -0.39 is 5.91 Å². The van der Waals surface area contributed by atoms with Gasteiger partial charge in [0.25, 0.3) is 5.91 Å². The van der Waals surface area contributed by atoms with Gasteiger partial charge in [0.05, 0.1) is 16.3 Å². The van der Waals surface area contributed by atoms with E-state index in [1.165, 1.54) is 0 Å². The van der Waals surface area contributed by atoms with Gasteiger partial charge in [0.1, 0.15) is 11.8 Å². The summed E-state index contributed by atoms with van der Waals surface area (Å²) in [6.45, 7) is -0.231. The summed E-state index contributed by atoms with van der Waals surface area (Å²) >= 11 is 11.0. The van der Waals surface area contributed by atoms with Gasteiger partial charge < -0.3 is 10.1 Å². The van der Waals surface area contributed by atoms with Crippen LogP contribution < -0.4 is 15.4 Å². The third-order valence-corrected chi connectivity index (χ3v) is 3.26. The predicted octanol–water partition coefficient (Wildman–Crippen LogP) is 3.10. The van der Waals surface area contributed by atoms with Crippen LogP contribution in [0.25, 0.3) is 0 Å². The average molecular weight is 346 g/mol. The number of nitriles is 1. The van der Waals surface area contributed by atoms with Crippen LogP contribution in [0.3, 0.4) is 0 Å². The Morgan fingerprint density at radius 2 is 1.91 bits per heavy atom. The zero-order valence-electron chi connectivity index (χ0n) is 11.9. The third kappa shape index (κ3) is 4.95. The molecule has 0 atom stereocenters. The Bertz CT molecular complexity index is 774. The van der Waals surface area contributed by atoms with E-state index in [0.717, 1.165) is 0 Å². The Kier molecular flexibility index (Phi) is 5.92. The van der Waals surface area contributed by atoms with Crippen molar-refractivity contribution in [3.05, 3.63) is 59.1 Å². The van der Waals surface area contributed by atoms with E-state index in [9.17, 15) is 4.79 Å². The molecule has 0 aromatic heterocycles. The van der Waals surface area contributed by atoms with E-state index in [0.29, 0.717) is 22.0 Å². The molecule has 0 aliphatic heterocycles. The number of amides is 1. The number of para-hydroxylation sites is 2. The van der Waals surface area contributed by atoms with Crippen LogP contribution in [0.2, 0.25) is 5.02 Å². The summed E-state index contributed by atoms with van der Waals surface area (Å²) in [5.41, 5.74) is 0.948. The van der Waals surface area contributed by atoms with E-state index >= 15 is 0 Å². The van der Waals surface area contributed by atoms with Crippen molar-refractivity contribution >= 4 is 40.5 Å². The number of halogens is 1. The van der Waals surface area contributed by atoms with Crippen molar-refractivity contribution in [2.24, 2.45) is 0 Å². The number of carbonyl (C=O) groups is 1. The number of benzene rings is 2. The minimum atomic E-state index is -0.433. The number of anilines is 1. The van der Waals surface area contributed by atoms with E-state index in [1.807, 2.05) is 6.07 Å². The van der Waals surface area contributed by atoms with Crippen molar-refractivity contribution in [3.8, 4) is 11.8 Å². The first kappa shape index (κ1) is 16.7. The molecular weight excluding hydrogens is 334 g/mol. The minimum absolute atomic E-state index is 0.0838. The fraction of sp³-hybridized carbons (Fsp3) is 0.0625. The number of nitrogens with zero attached hydrogens (tertiary/aromatic N) is 1. The first-order chi connectivity index (χ1) is 11.1. The molecule has 0 spiro atoms. The first-order valence-electron chi connectivity index (χ1n) is 6.57. The molecule has 2 aromatic rings. The monoisotopic (exact) mass is 345 g/mol. The minimum Gasteiger partial charge on any atom is -0.482 e. The lowest BCUT2D eigenvalue weighted by Gasteiger charge is -2.11. The van der Waals surface area contributed by atoms with Crippen LogP contribution in [-0.2, 0) is 4.79 Å². The maximum absolute atomic E-state index is 11.8. The molecule has 116 valence electrons. The summed E-state index contributed by atoms with van der Waals surface area (Å²) in [5, 5.41) is 14.8. The lowest BCUT2D eigenvalue weighted by Crippen LogP contribution is -2.37. The van der Waals surface area contributed by atoms with Crippen LogP contribution in [0.15, 0.2) is 48.5 Å². The number of thiocarbonyl (C=S) groups is 1. The lowest BCUT2D eigenvalue weighted by atomic mass is 10.2. The number of hydrogen-bond acceptors (Lipinski definition) is 4. The van der Waals surface area contributed by atoms with Crippen LogP contribution in [0, 0.1) is 11.3 Å². The van der Waals surface area contributed by atoms with Gasteiger partial charge in [0, 0.05) is 0 Å². The Labute approximate surface area is 143 Å². The van der Waals surface area contributed by atoms with Gasteiger partial charge in [-0.25, -0.2) is 0 Å². The molecule has 23 heavy (non-hydrogen) atoms. The van der Waals surface area contributed by atoms with Gasteiger partial charge in [-0.05, 0) is 36.5 Å². The molecule has 7 heteroatoms. The molecule has 2 aromatic carbocycles. The second-order valence-electron chi connectivity index (χ2n) is 4.38. The summed E-state index contributed by atoms with van der Waals surface area (Å²) in [7, 11) is 0. The van der Waals surface area contributed by atoms with E-state index in [1.54, 1.807) is 48.5 Å². The fourth-order valence-corrected chi connectivity index (χ4v) is 2.13. The second kappa shape index (κ2) is 8.13. The highest BCUT2D eigenvalue weighted by Crippen LogP contribution is 2.22. The fourth-order valence-electron chi connectivity index (χ4n) is 1.71. The molecule has 0 bridgehead atoms. The number of ether oxygens (including phenoxy) is 1. The molecule has 0 fully saturated rings. The molecule has 0 unspecified atom stereocenters. The SMILES string of the molecule is N#Cc1ccccc1NC(=S)NC(=O)COc1ccccc1Cl. The highest BCUT2D eigenvalue weighted by Gasteiger charge is 2.09. The van der Waals surface area contributed by atoms with Gasteiger partial charge in [-0.1, -0.05) is 35.9 Å². The molecule has 0 heterocycles. The highest BCUT2D eigenvalue weighted by molar-refractivity contribution is 7.80. The number of rotatable bonds is 4. The van der Waals surface area contributed by atoms with Crippen molar-refractivity contribution < 1.29 is 9.53 Å². The van der Waals surface area contributed by atoms with E-state index in [2.05, 4.69) is 10.6 Å². The Morgan fingerprint density at radius 1 is 1.22 bits per heavy atom. The summed E-state index contributed by atoms with van der Waals surface area (Å²) in [6, 6.07) is 15.7. The molecule has 5 nitrogen and oxygen atoms in total. The van der Waals surface area contributed by atoms with Gasteiger partial charge in [-0.15, -0.1) is 0 Å². The van der Waals surface area contributed by atoms with Gasteiger partial charge >= 0.3 is 0 Å². The predicted molar refractivity (Wildman–Crippen MR) is 92.5 cm³/mol. The van der Waals surface area contributed by atoms with Crippen molar-refractivity contribution in [1.29, 1.82) is 5.26 Å². The van der Waals surface area contributed by atoms with Crippen molar-refractivity contribution in [2.75, 3.05) is 11.9 Å². The smallest absolute Gasteiger partial charge is 0.264 e. The van der Waals surface area contributed by atoms with Crippen molar-refractivity contribution in [1.82, 2.24) is 5.32 Å². The number of carbonyl (C=O) groups excluding carboxylic acids is 1. The van der Waals surface area contributed by atoms with Crippen molar-refractivity contribution in [3.63, 3.8) is 0 Å². The normalized spacial score (nSPS) is 9.57.